The van der Waals surface area contributed by atoms with Gasteiger partial charge < -0.3 is 4.90 Å². The molecule has 0 aliphatic heterocycles. The van der Waals surface area contributed by atoms with Crippen LogP contribution in [0.1, 0.15) is 13.8 Å². The van der Waals surface area contributed by atoms with Crippen molar-refractivity contribution in [3.8, 4) is 0 Å². The van der Waals surface area contributed by atoms with Crippen LogP contribution in [0.5, 0.6) is 0 Å². The van der Waals surface area contributed by atoms with Gasteiger partial charge in [-0.15, -0.1) is 0 Å². The molecule has 0 aromatic heterocycles. The predicted molar refractivity (Wildman–Crippen MR) is 72.6 cm³/mol. The lowest BCUT2D eigenvalue weighted by Gasteiger charge is -2.23. The van der Waals surface area contributed by atoms with E-state index in [4.69, 9.17) is 0 Å². The molecule has 16 heavy (non-hydrogen) atoms. The third-order valence-corrected chi connectivity index (χ3v) is 2.29. The van der Waals surface area contributed by atoms with Crippen LogP contribution in [0.3, 0.4) is 0 Å². The lowest BCUT2D eigenvalue weighted by atomic mass is 10.2. The summed E-state index contributed by atoms with van der Waals surface area (Å²) in [6.45, 7) is 12.9. The molecule has 0 fully saturated rings. The van der Waals surface area contributed by atoms with E-state index in [1.807, 2.05) is 37.3 Å². The highest BCUT2D eigenvalue weighted by molar-refractivity contribution is 5.53. The highest BCUT2D eigenvalue weighted by atomic mass is 15.1. The average molecular weight is 213 g/mol. The first-order valence-corrected chi connectivity index (χ1v) is 5.50. The molecule has 0 bridgehead atoms. The fourth-order valence-corrected chi connectivity index (χ4v) is 1.49. The fraction of sp³-hybridized carbons (Fsp3) is 0.200. The Balaban J connectivity index is 2.83. The quantitative estimate of drug-likeness (QED) is 0.664. The lowest BCUT2D eigenvalue weighted by Crippen LogP contribution is -2.19. The minimum atomic E-state index is 0.906. The number of hydrogen-bond acceptors (Lipinski definition) is 1. The van der Waals surface area contributed by atoms with Crippen LogP contribution in [0, 0.1) is 0 Å². The van der Waals surface area contributed by atoms with E-state index in [1.165, 1.54) is 5.69 Å². The number of nitrogens with zero attached hydrogens (tertiary/aromatic N) is 1. The number of anilines is 1. The summed E-state index contributed by atoms with van der Waals surface area (Å²) in [4.78, 5) is 2.17. The molecular formula is C15H19N. The summed E-state index contributed by atoms with van der Waals surface area (Å²) in [5.74, 6) is 0. The summed E-state index contributed by atoms with van der Waals surface area (Å²) in [5.41, 5.74) is 3.18. The maximum Gasteiger partial charge on any atom is 0.0410 e. The normalized spacial score (nSPS) is 10.4. The molecule has 0 saturated heterocycles. The Morgan fingerprint density at radius 2 is 1.81 bits per heavy atom. The van der Waals surface area contributed by atoms with Crippen molar-refractivity contribution in [2.24, 2.45) is 0 Å². The van der Waals surface area contributed by atoms with Crippen LogP contribution in [-0.4, -0.2) is 6.54 Å². The highest BCUT2D eigenvalue weighted by Crippen LogP contribution is 2.18. The van der Waals surface area contributed by atoms with Crippen molar-refractivity contribution in [3.05, 3.63) is 66.9 Å². The molecule has 0 atom stereocenters. The zero-order valence-electron chi connectivity index (χ0n) is 10.1. The monoisotopic (exact) mass is 213 g/mol. The number of rotatable bonds is 5. The van der Waals surface area contributed by atoms with Gasteiger partial charge in [-0.25, -0.2) is 0 Å². The Labute approximate surface area is 98.4 Å². The molecule has 0 aliphatic rings. The van der Waals surface area contributed by atoms with E-state index in [9.17, 15) is 0 Å². The smallest absolute Gasteiger partial charge is 0.0410 e. The number of para-hydroxylation sites is 1. The third kappa shape index (κ3) is 3.43. The summed E-state index contributed by atoms with van der Waals surface area (Å²) in [6.07, 6.45) is 3.98. The van der Waals surface area contributed by atoms with E-state index in [2.05, 4.69) is 37.1 Å². The van der Waals surface area contributed by atoms with Gasteiger partial charge in [0.25, 0.3) is 0 Å². The van der Waals surface area contributed by atoms with Crippen LogP contribution in [-0.2, 0) is 0 Å². The SMILES string of the molecule is C=C(C)/C=C\C(=C)N(CC)c1ccccc1. The maximum absolute atomic E-state index is 4.07. The Kier molecular flexibility index (Phi) is 4.59. The van der Waals surface area contributed by atoms with Crippen molar-refractivity contribution in [3.63, 3.8) is 0 Å². The number of hydrogen-bond donors (Lipinski definition) is 0. The molecule has 1 aromatic carbocycles. The van der Waals surface area contributed by atoms with Gasteiger partial charge >= 0.3 is 0 Å². The summed E-state index contributed by atoms with van der Waals surface area (Å²) in [5, 5.41) is 0. The topological polar surface area (TPSA) is 3.24 Å². The van der Waals surface area contributed by atoms with Gasteiger partial charge in [0.15, 0.2) is 0 Å². The second kappa shape index (κ2) is 5.96. The van der Waals surface area contributed by atoms with Crippen LogP contribution in [0.4, 0.5) is 5.69 Å². The van der Waals surface area contributed by atoms with E-state index < -0.39 is 0 Å². The molecule has 0 spiro atoms. The second-order valence-electron chi connectivity index (χ2n) is 3.75. The number of likely N-dealkylation sites (N-methyl/N-ethyl adjacent to an activating group) is 1. The molecule has 0 radical (unpaired) electrons. The summed E-state index contributed by atoms with van der Waals surface area (Å²) >= 11 is 0. The van der Waals surface area contributed by atoms with Crippen LogP contribution >= 0.6 is 0 Å². The molecule has 1 aromatic rings. The van der Waals surface area contributed by atoms with Crippen LogP contribution in [0.25, 0.3) is 0 Å². The summed E-state index contributed by atoms with van der Waals surface area (Å²) < 4.78 is 0. The van der Waals surface area contributed by atoms with Crippen molar-refractivity contribution in [2.45, 2.75) is 13.8 Å². The zero-order valence-corrected chi connectivity index (χ0v) is 10.1. The third-order valence-electron chi connectivity index (χ3n) is 2.29. The molecule has 1 nitrogen and oxygen atoms in total. The lowest BCUT2D eigenvalue weighted by molar-refractivity contribution is 0.982. The van der Waals surface area contributed by atoms with Gasteiger partial charge in [-0.1, -0.05) is 43.0 Å². The minimum Gasteiger partial charge on any atom is -0.342 e. The summed E-state index contributed by atoms with van der Waals surface area (Å²) in [7, 11) is 0. The highest BCUT2D eigenvalue weighted by Gasteiger charge is 2.04. The molecular weight excluding hydrogens is 194 g/mol. The van der Waals surface area contributed by atoms with E-state index >= 15 is 0 Å². The average Bonchev–Trinajstić information content (AvgIpc) is 2.29. The molecule has 0 amide bonds. The van der Waals surface area contributed by atoms with E-state index in [0.717, 1.165) is 17.8 Å². The van der Waals surface area contributed by atoms with E-state index in [0.29, 0.717) is 0 Å². The van der Waals surface area contributed by atoms with E-state index in [-0.39, 0.29) is 0 Å². The van der Waals surface area contributed by atoms with Crippen LogP contribution in [0.2, 0.25) is 0 Å². The van der Waals surface area contributed by atoms with Gasteiger partial charge in [0, 0.05) is 17.9 Å². The number of allylic oxidation sites excluding steroid dienone is 3. The predicted octanol–water partition coefficient (Wildman–Crippen LogP) is 4.16. The molecule has 1 heteroatoms. The Bertz CT molecular complexity index is 387. The molecule has 0 heterocycles. The van der Waals surface area contributed by atoms with Crippen LogP contribution < -0.4 is 4.90 Å². The van der Waals surface area contributed by atoms with Gasteiger partial charge in [-0.05, 0) is 32.1 Å². The fourth-order valence-electron chi connectivity index (χ4n) is 1.49. The molecule has 1 rings (SSSR count). The Morgan fingerprint density at radius 1 is 1.19 bits per heavy atom. The van der Waals surface area contributed by atoms with Crippen molar-refractivity contribution >= 4 is 5.69 Å². The largest absolute Gasteiger partial charge is 0.342 e. The molecule has 0 saturated carbocycles. The zero-order chi connectivity index (χ0) is 12.0. The van der Waals surface area contributed by atoms with Crippen molar-refractivity contribution in [2.75, 3.05) is 11.4 Å². The first kappa shape index (κ1) is 12.3. The van der Waals surface area contributed by atoms with Gasteiger partial charge in [0.2, 0.25) is 0 Å². The standard InChI is InChI=1S/C15H19N/c1-5-16(14(4)12-11-13(2)3)15-9-7-6-8-10-15/h6-12H,2,4-5H2,1,3H3/b12-11-. The van der Waals surface area contributed by atoms with Gasteiger partial charge in [0.1, 0.15) is 0 Å². The maximum atomic E-state index is 4.07. The van der Waals surface area contributed by atoms with Gasteiger partial charge in [-0.2, -0.15) is 0 Å². The summed E-state index contributed by atoms with van der Waals surface area (Å²) in [6, 6.07) is 10.3. The molecule has 0 N–H and O–H groups in total. The van der Waals surface area contributed by atoms with Gasteiger partial charge in [-0.3, -0.25) is 0 Å². The first-order chi connectivity index (χ1) is 7.65. The van der Waals surface area contributed by atoms with Crippen molar-refractivity contribution < 1.29 is 0 Å². The Hall–Kier alpha value is -1.76. The molecule has 84 valence electrons. The van der Waals surface area contributed by atoms with E-state index in [1.54, 1.807) is 0 Å². The minimum absolute atomic E-state index is 0.906. The second-order valence-corrected chi connectivity index (χ2v) is 3.75. The van der Waals surface area contributed by atoms with Crippen LogP contribution in [0.15, 0.2) is 66.9 Å². The number of benzene rings is 1. The molecule has 0 unspecified atom stereocenters. The van der Waals surface area contributed by atoms with Gasteiger partial charge in [0.05, 0.1) is 0 Å². The molecule has 0 aliphatic carbocycles. The van der Waals surface area contributed by atoms with Crippen molar-refractivity contribution in [1.82, 2.24) is 0 Å². The van der Waals surface area contributed by atoms with Crippen molar-refractivity contribution in [1.29, 1.82) is 0 Å². The Morgan fingerprint density at radius 3 is 2.31 bits per heavy atom. The first-order valence-electron chi connectivity index (χ1n) is 5.50.